The van der Waals surface area contributed by atoms with E-state index in [0.29, 0.717) is 28.6 Å². The van der Waals surface area contributed by atoms with Gasteiger partial charge >= 0.3 is 0 Å². The molecule has 7 nitrogen and oxygen atoms in total. The van der Waals surface area contributed by atoms with Crippen LogP contribution in [0.5, 0.6) is 17.2 Å². The number of para-hydroxylation sites is 2. The van der Waals surface area contributed by atoms with Gasteiger partial charge in [0.25, 0.3) is 11.8 Å². The minimum Gasteiger partial charge on any atom is -0.482 e. The van der Waals surface area contributed by atoms with Gasteiger partial charge < -0.3 is 24.8 Å². The third-order valence-electron chi connectivity index (χ3n) is 4.06. The molecule has 2 atom stereocenters. The van der Waals surface area contributed by atoms with Crippen LogP contribution in [-0.4, -0.2) is 30.6 Å². The number of benzene rings is 2. The van der Waals surface area contributed by atoms with Gasteiger partial charge in [0.2, 0.25) is 6.10 Å². The van der Waals surface area contributed by atoms with E-state index in [2.05, 4.69) is 10.6 Å². The van der Waals surface area contributed by atoms with Crippen LogP contribution in [0.3, 0.4) is 0 Å². The summed E-state index contributed by atoms with van der Waals surface area (Å²) in [5, 5.41) is 5.66. The molecule has 0 unspecified atom stereocenters. The average Bonchev–Trinajstić information content (AvgIpc) is 2.62. The summed E-state index contributed by atoms with van der Waals surface area (Å²) in [5.74, 6) is 0.885. The SMILES string of the molecule is C[C@H]1Oc2ccccc2O[C@H]1C(=O)Nc1cc2c(cc1Cl)NC(=O)CO2. The van der Waals surface area contributed by atoms with Crippen LogP contribution in [0.15, 0.2) is 36.4 Å². The van der Waals surface area contributed by atoms with E-state index < -0.39 is 18.1 Å². The number of carbonyl (C=O) groups is 2. The van der Waals surface area contributed by atoms with Crippen molar-refractivity contribution in [3.8, 4) is 17.2 Å². The van der Waals surface area contributed by atoms with Crippen molar-refractivity contribution in [3.05, 3.63) is 41.4 Å². The largest absolute Gasteiger partial charge is 0.482 e. The van der Waals surface area contributed by atoms with E-state index in [4.69, 9.17) is 25.8 Å². The summed E-state index contributed by atoms with van der Waals surface area (Å²) >= 11 is 6.22. The second-order valence-corrected chi connectivity index (χ2v) is 6.37. The van der Waals surface area contributed by atoms with Crippen molar-refractivity contribution < 1.29 is 23.8 Å². The number of amides is 2. The van der Waals surface area contributed by atoms with Crippen molar-refractivity contribution in [1.82, 2.24) is 0 Å². The Morgan fingerprint density at radius 2 is 1.92 bits per heavy atom. The molecule has 2 aliphatic heterocycles. The molecule has 2 aromatic rings. The lowest BCUT2D eigenvalue weighted by Crippen LogP contribution is -2.46. The predicted octanol–water partition coefficient (Wildman–Crippen LogP) is 2.84. The lowest BCUT2D eigenvalue weighted by Gasteiger charge is -2.31. The van der Waals surface area contributed by atoms with Gasteiger partial charge in [-0.2, -0.15) is 0 Å². The molecule has 0 aromatic heterocycles. The first-order valence-electron chi connectivity index (χ1n) is 8.00. The Kier molecular flexibility index (Phi) is 4.08. The summed E-state index contributed by atoms with van der Waals surface area (Å²) in [6.07, 6.45) is -1.31. The number of rotatable bonds is 2. The van der Waals surface area contributed by atoms with Crippen LogP contribution in [0, 0.1) is 0 Å². The quantitative estimate of drug-likeness (QED) is 0.844. The predicted molar refractivity (Wildman–Crippen MR) is 95.2 cm³/mol. The minimum atomic E-state index is -0.836. The Morgan fingerprint density at radius 3 is 2.69 bits per heavy atom. The lowest BCUT2D eigenvalue weighted by atomic mass is 10.1. The molecule has 0 spiro atoms. The summed E-state index contributed by atoms with van der Waals surface area (Å²) in [5.41, 5.74) is 0.824. The summed E-state index contributed by atoms with van der Waals surface area (Å²) in [4.78, 5) is 24.0. The molecule has 134 valence electrons. The highest BCUT2D eigenvalue weighted by Gasteiger charge is 2.34. The number of hydrogen-bond acceptors (Lipinski definition) is 5. The van der Waals surface area contributed by atoms with Crippen LogP contribution >= 0.6 is 11.6 Å². The zero-order chi connectivity index (χ0) is 18.3. The Hall–Kier alpha value is -2.93. The van der Waals surface area contributed by atoms with Crippen LogP contribution in [0.25, 0.3) is 0 Å². The molecule has 0 saturated heterocycles. The van der Waals surface area contributed by atoms with E-state index >= 15 is 0 Å². The molecule has 0 bridgehead atoms. The molecule has 2 heterocycles. The van der Waals surface area contributed by atoms with E-state index in [1.54, 1.807) is 31.2 Å². The van der Waals surface area contributed by atoms with Crippen molar-refractivity contribution in [1.29, 1.82) is 0 Å². The molecule has 2 aliphatic rings. The van der Waals surface area contributed by atoms with Crippen LogP contribution in [-0.2, 0) is 9.59 Å². The topological polar surface area (TPSA) is 85.9 Å². The first-order chi connectivity index (χ1) is 12.5. The van der Waals surface area contributed by atoms with Crippen LogP contribution < -0.4 is 24.8 Å². The van der Waals surface area contributed by atoms with Gasteiger partial charge in [-0.05, 0) is 25.1 Å². The van der Waals surface area contributed by atoms with Crippen molar-refractivity contribution in [2.24, 2.45) is 0 Å². The second-order valence-electron chi connectivity index (χ2n) is 5.96. The number of hydrogen-bond donors (Lipinski definition) is 2. The second kappa shape index (κ2) is 6.42. The molecular weight excluding hydrogens is 360 g/mol. The standard InChI is InChI=1S/C18H15ClN2O5/c1-9-17(26-14-5-3-2-4-13(14)25-9)18(23)21-11-7-15-12(6-10(11)19)20-16(22)8-24-15/h2-7,9,17H,8H2,1H3,(H,20,22)(H,21,23)/t9-,17-/m1/s1. The van der Waals surface area contributed by atoms with Gasteiger partial charge in [-0.25, -0.2) is 0 Å². The number of carbonyl (C=O) groups excluding carboxylic acids is 2. The monoisotopic (exact) mass is 374 g/mol. The van der Waals surface area contributed by atoms with Crippen molar-refractivity contribution in [3.63, 3.8) is 0 Å². The van der Waals surface area contributed by atoms with E-state index in [9.17, 15) is 9.59 Å². The van der Waals surface area contributed by atoms with Gasteiger partial charge in [-0.3, -0.25) is 9.59 Å². The molecule has 8 heteroatoms. The van der Waals surface area contributed by atoms with Gasteiger partial charge in [0.15, 0.2) is 18.1 Å². The first-order valence-corrected chi connectivity index (χ1v) is 8.38. The number of fused-ring (bicyclic) bond motifs is 2. The fraction of sp³-hybridized carbons (Fsp3) is 0.222. The van der Waals surface area contributed by atoms with Gasteiger partial charge in [0, 0.05) is 6.07 Å². The van der Waals surface area contributed by atoms with Crippen molar-refractivity contribution in [2.45, 2.75) is 19.1 Å². The summed E-state index contributed by atoms with van der Waals surface area (Å²) in [6.45, 7) is 1.67. The average molecular weight is 375 g/mol. The van der Waals surface area contributed by atoms with E-state index in [1.807, 2.05) is 6.07 Å². The van der Waals surface area contributed by atoms with Gasteiger partial charge in [0.1, 0.15) is 11.9 Å². The third-order valence-corrected chi connectivity index (χ3v) is 4.37. The van der Waals surface area contributed by atoms with Crippen LogP contribution in [0.1, 0.15) is 6.92 Å². The maximum Gasteiger partial charge on any atom is 0.269 e. The highest BCUT2D eigenvalue weighted by Crippen LogP contribution is 2.37. The van der Waals surface area contributed by atoms with Gasteiger partial charge in [-0.1, -0.05) is 23.7 Å². The van der Waals surface area contributed by atoms with E-state index in [0.717, 1.165) is 0 Å². The Labute approximate surface area is 154 Å². The Morgan fingerprint density at radius 1 is 1.19 bits per heavy atom. The van der Waals surface area contributed by atoms with Crippen LogP contribution in [0.2, 0.25) is 5.02 Å². The number of nitrogens with one attached hydrogen (secondary N) is 2. The van der Waals surface area contributed by atoms with Gasteiger partial charge in [0.05, 0.1) is 16.4 Å². The molecule has 0 saturated carbocycles. The molecule has 26 heavy (non-hydrogen) atoms. The highest BCUT2D eigenvalue weighted by molar-refractivity contribution is 6.34. The fourth-order valence-electron chi connectivity index (χ4n) is 2.81. The zero-order valence-electron chi connectivity index (χ0n) is 13.7. The van der Waals surface area contributed by atoms with E-state index in [1.165, 1.54) is 6.07 Å². The normalized spacial score (nSPS) is 20.5. The molecule has 0 aliphatic carbocycles. The molecule has 2 aromatic carbocycles. The summed E-state index contributed by atoms with van der Waals surface area (Å²) in [7, 11) is 0. The molecule has 4 rings (SSSR count). The zero-order valence-corrected chi connectivity index (χ0v) is 14.5. The molecular formula is C18H15ClN2O5. The number of anilines is 2. The Bertz CT molecular complexity index is 901. The van der Waals surface area contributed by atoms with Crippen molar-refractivity contribution in [2.75, 3.05) is 17.2 Å². The smallest absolute Gasteiger partial charge is 0.269 e. The first kappa shape index (κ1) is 16.5. The van der Waals surface area contributed by atoms with Crippen LogP contribution in [0.4, 0.5) is 11.4 Å². The number of ether oxygens (including phenoxy) is 3. The highest BCUT2D eigenvalue weighted by atomic mass is 35.5. The summed E-state index contributed by atoms with van der Waals surface area (Å²) < 4.78 is 16.9. The molecule has 2 N–H and O–H groups in total. The third kappa shape index (κ3) is 3.01. The molecule has 0 fully saturated rings. The number of halogens is 1. The van der Waals surface area contributed by atoms with E-state index in [-0.39, 0.29) is 17.5 Å². The van der Waals surface area contributed by atoms with Gasteiger partial charge in [-0.15, -0.1) is 0 Å². The summed E-state index contributed by atoms with van der Waals surface area (Å²) in [6, 6.07) is 10.3. The van der Waals surface area contributed by atoms with Crippen molar-refractivity contribution >= 4 is 34.8 Å². The minimum absolute atomic E-state index is 0.0879. The molecule has 2 amide bonds. The fourth-order valence-corrected chi connectivity index (χ4v) is 3.02. The molecule has 0 radical (unpaired) electrons. The lowest BCUT2D eigenvalue weighted by molar-refractivity contribution is -0.128. The maximum absolute atomic E-state index is 12.7. The maximum atomic E-state index is 12.7. The Balaban J connectivity index is 1.54.